The number of benzene rings is 4. The molecule has 2 unspecified atom stereocenters. The predicted octanol–water partition coefficient (Wildman–Crippen LogP) is 10.2. The van der Waals surface area contributed by atoms with Crippen molar-refractivity contribution in [1.29, 1.82) is 0 Å². The maximum absolute atomic E-state index is 14.3. The summed E-state index contributed by atoms with van der Waals surface area (Å²) in [5.74, 6) is -1.01. The van der Waals surface area contributed by atoms with Crippen LogP contribution in [-0.4, -0.2) is 8.42 Å². The zero-order valence-electron chi connectivity index (χ0n) is 20.0. The largest absolute Gasteiger partial charge is 0.227 e. The van der Waals surface area contributed by atoms with E-state index in [4.69, 9.17) is 46.4 Å². The van der Waals surface area contributed by atoms with Gasteiger partial charge in [-0.25, -0.2) is 17.2 Å². The summed E-state index contributed by atoms with van der Waals surface area (Å²) >= 11 is 24.6. The summed E-state index contributed by atoms with van der Waals surface area (Å²) in [7, 11) is -4.13. The van der Waals surface area contributed by atoms with Crippen LogP contribution in [0.15, 0.2) is 97.1 Å². The Kier molecular flexibility index (Phi) is 9.52. The molecule has 0 heterocycles. The van der Waals surface area contributed by atoms with E-state index in [-0.39, 0.29) is 0 Å². The van der Waals surface area contributed by atoms with Crippen LogP contribution in [0.5, 0.6) is 0 Å². The van der Waals surface area contributed by atoms with E-state index in [1.54, 1.807) is 48.6 Å². The highest BCUT2D eigenvalue weighted by molar-refractivity contribution is 7.92. The standard InChI is InChI=1S/C30H20Cl4F2O2S/c31-23-9-1-19(27(33)17-23)7-15-29(21-3-11-25(35)12-4-21)39(37,38)30(22-5-13-26(36)14-6-22)16-8-20-2-10-24(32)18-28(20)34/h1-18,29-30H/b15-7-,16-8-. The smallest absolute Gasteiger partial charge is 0.171 e. The van der Waals surface area contributed by atoms with Crippen LogP contribution in [0.1, 0.15) is 32.8 Å². The molecule has 0 saturated carbocycles. The van der Waals surface area contributed by atoms with Crippen LogP contribution < -0.4 is 0 Å². The predicted molar refractivity (Wildman–Crippen MR) is 158 cm³/mol. The van der Waals surface area contributed by atoms with E-state index in [9.17, 15) is 17.2 Å². The molecular weight excluding hydrogens is 604 g/mol. The van der Waals surface area contributed by atoms with Gasteiger partial charge in [0, 0.05) is 20.1 Å². The molecule has 0 bridgehead atoms. The van der Waals surface area contributed by atoms with Gasteiger partial charge in [-0.3, -0.25) is 0 Å². The fourth-order valence-electron chi connectivity index (χ4n) is 3.94. The second-order valence-corrected chi connectivity index (χ2v) is 12.5. The number of hydrogen-bond acceptors (Lipinski definition) is 2. The zero-order valence-corrected chi connectivity index (χ0v) is 23.9. The number of hydrogen-bond donors (Lipinski definition) is 0. The van der Waals surface area contributed by atoms with E-state index in [1.807, 2.05) is 0 Å². The minimum Gasteiger partial charge on any atom is -0.227 e. The van der Waals surface area contributed by atoms with Gasteiger partial charge < -0.3 is 0 Å². The Morgan fingerprint density at radius 1 is 0.564 bits per heavy atom. The Morgan fingerprint density at radius 2 is 0.923 bits per heavy atom. The maximum Gasteiger partial charge on any atom is 0.171 e. The molecular formula is C30H20Cl4F2O2S. The SMILES string of the molecule is O=S(=O)(C(/C=C\c1ccc(Cl)cc1Cl)c1ccc(F)cc1)C(/C=C\c1ccc(Cl)cc1Cl)c1ccc(F)cc1. The van der Waals surface area contributed by atoms with Crippen molar-refractivity contribution in [2.24, 2.45) is 0 Å². The van der Waals surface area contributed by atoms with E-state index in [2.05, 4.69) is 0 Å². The highest BCUT2D eigenvalue weighted by Crippen LogP contribution is 2.38. The first-order chi connectivity index (χ1) is 18.5. The van der Waals surface area contributed by atoms with Gasteiger partial charge in [0.15, 0.2) is 9.84 Å². The van der Waals surface area contributed by atoms with E-state index < -0.39 is 32.0 Å². The lowest BCUT2D eigenvalue weighted by molar-refractivity contribution is 0.583. The molecule has 0 aromatic heterocycles. The van der Waals surface area contributed by atoms with Crippen molar-refractivity contribution in [2.75, 3.05) is 0 Å². The molecule has 0 saturated heterocycles. The first kappa shape index (κ1) is 29.3. The summed E-state index contributed by atoms with van der Waals surface area (Å²) in [6, 6.07) is 20.1. The molecule has 9 heteroatoms. The van der Waals surface area contributed by atoms with Crippen molar-refractivity contribution in [3.05, 3.63) is 151 Å². The van der Waals surface area contributed by atoms with Crippen LogP contribution in [-0.2, 0) is 9.84 Å². The van der Waals surface area contributed by atoms with Crippen molar-refractivity contribution >= 4 is 68.4 Å². The molecule has 0 N–H and O–H groups in total. The lowest BCUT2D eigenvalue weighted by Crippen LogP contribution is -2.19. The molecule has 4 rings (SSSR count). The van der Waals surface area contributed by atoms with Crippen LogP contribution in [0.4, 0.5) is 8.78 Å². The van der Waals surface area contributed by atoms with Gasteiger partial charge in [0.1, 0.15) is 22.1 Å². The molecule has 4 aromatic rings. The summed E-state index contributed by atoms with van der Waals surface area (Å²) in [6.07, 6.45) is 6.12. The average Bonchev–Trinajstić information content (AvgIpc) is 2.88. The Morgan fingerprint density at radius 3 is 1.26 bits per heavy atom. The summed E-state index contributed by atoms with van der Waals surface area (Å²) < 4.78 is 56.2. The van der Waals surface area contributed by atoms with Crippen molar-refractivity contribution in [3.63, 3.8) is 0 Å². The zero-order chi connectivity index (χ0) is 28.2. The molecule has 0 amide bonds. The van der Waals surface area contributed by atoms with Gasteiger partial charge in [-0.15, -0.1) is 0 Å². The number of sulfone groups is 1. The lowest BCUT2D eigenvalue weighted by Gasteiger charge is -2.22. The molecule has 0 fully saturated rings. The maximum atomic E-state index is 14.3. The summed E-state index contributed by atoms with van der Waals surface area (Å²) in [5, 5.41) is -0.900. The van der Waals surface area contributed by atoms with Crippen molar-refractivity contribution in [2.45, 2.75) is 10.5 Å². The summed E-state index contributed by atoms with van der Waals surface area (Å²) in [4.78, 5) is 0. The quantitative estimate of drug-likeness (QED) is 0.196. The van der Waals surface area contributed by atoms with Crippen LogP contribution in [0.3, 0.4) is 0 Å². The topological polar surface area (TPSA) is 34.1 Å². The van der Waals surface area contributed by atoms with Gasteiger partial charge in [0.05, 0.1) is 0 Å². The molecule has 0 spiro atoms. The minimum absolute atomic E-state index is 0.335. The molecule has 39 heavy (non-hydrogen) atoms. The first-order valence-corrected chi connectivity index (χ1v) is 14.7. The fourth-order valence-corrected chi connectivity index (χ4v) is 6.87. The Labute approximate surface area is 246 Å². The first-order valence-electron chi connectivity index (χ1n) is 11.5. The number of rotatable bonds is 8. The van der Waals surface area contributed by atoms with Gasteiger partial charge in [-0.2, -0.15) is 0 Å². The third kappa shape index (κ3) is 7.30. The summed E-state index contributed by atoms with van der Waals surface area (Å²) in [6.45, 7) is 0. The molecule has 0 radical (unpaired) electrons. The molecule has 0 aliphatic carbocycles. The van der Waals surface area contributed by atoms with Crippen LogP contribution in [0, 0.1) is 11.6 Å². The third-order valence-electron chi connectivity index (χ3n) is 5.93. The van der Waals surface area contributed by atoms with Crippen molar-refractivity contribution < 1.29 is 17.2 Å². The van der Waals surface area contributed by atoms with E-state index >= 15 is 0 Å². The highest BCUT2D eigenvalue weighted by Gasteiger charge is 2.33. The lowest BCUT2D eigenvalue weighted by atomic mass is 10.1. The number of halogens is 6. The van der Waals surface area contributed by atoms with E-state index in [0.29, 0.717) is 42.3 Å². The highest BCUT2D eigenvalue weighted by atomic mass is 35.5. The van der Waals surface area contributed by atoms with Crippen molar-refractivity contribution in [1.82, 2.24) is 0 Å². The molecule has 2 nitrogen and oxygen atoms in total. The second-order valence-electron chi connectivity index (χ2n) is 8.58. The molecule has 4 aromatic carbocycles. The Hall–Kier alpha value is -2.67. The molecule has 0 aliphatic heterocycles. The normalized spacial score (nSPS) is 13.7. The van der Waals surface area contributed by atoms with Gasteiger partial charge in [-0.05, 0) is 70.8 Å². The Balaban J connectivity index is 1.85. The Bertz CT molecular complexity index is 1520. The molecule has 2 atom stereocenters. The monoisotopic (exact) mass is 622 g/mol. The third-order valence-corrected chi connectivity index (χ3v) is 9.33. The summed E-state index contributed by atoms with van der Waals surface area (Å²) in [5.41, 5.74) is 1.76. The fraction of sp³-hybridized carbons (Fsp3) is 0.0667. The van der Waals surface area contributed by atoms with E-state index in [1.165, 1.54) is 60.7 Å². The van der Waals surface area contributed by atoms with Crippen LogP contribution in [0.2, 0.25) is 20.1 Å². The van der Waals surface area contributed by atoms with Crippen LogP contribution >= 0.6 is 46.4 Å². The van der Waals surface area contributed by atoms with Crippen LogP contribution in [0.25, 0.3) is 12.2 Å². The molecule has 200 valence electrons. The van der Waals surface area contributed by atoms with Gasteiger partial charge >= 0.3 is 0 Å². The van der Waals surface area contributed by atoms with Gasteiger partial charge in [0.25, 0.3) is 0 Å². The molecule has 0 aliphatic rings. The van der Waals surface area contributed by atoms with Gasteiger partial charge in [-0.1, -0.05) is 107 Å². The minimum atomic E-state index is -4.13. The average molecular weight is 624 g/mol. The van der Waals surface area contributed by atoms with Gasteiger partial charge in [0.2, 0.25) is 0 Å². The van der Waals surface area contributed by atoms with E-state index in [0.717, 1.165) is 0 Å². The second kappa shape index (κ2) is 12.7. The van der Waals surface area contributed by atoms with Crippen molar-refractivity contribution in [3.8, 4) is 0 Å².